The van der Waals surface area contributed by atoms with Crippen LogP contribution in [-0.4, -0.2) is 87.4 Å². The SMILES string of the molecule is CC(C)C1CC(c2ccc3c(C4CC(C(C)C)N(O)C(C)(C)C4)c(C4CC(C(C)C)N(O)C(C)(C)C4)ccc3c2C2CC(C(C)C)N(O)C(C)(C)C2)CC(C)(C)N1O. The molecule has 328 valence electrons. The van der Waals surface area contributed by atoms with Crippen LogP contribution in [0.4, 0.5) is 0 Å². The van der Waals surface area contributed by atoms with E-state index in [1.54, 1.807) is 20.3 Å². The molecule has 0 aromatic heterocycles. The summed E-state index contributed by atoms with van der Waals surface area (Å²) in [5.74, 6) is 2.27. The predicted octanol–water partition coefficient (Wildman–Crippen LogP) is 12.3. The molecule has 8 atom stereocenters. The Morgan fingerprint density at radius 3 is 0.862 bits per heavy atom. The third kappa shape index (κ3) is 8.33. The minimum absolute atomic E-state index is 0.0371. The predicted molar refractivity (Wildman–Crippen MR) is 237 cm³/mol. The molecular weight excluding hydrogens is 721 g/mol. The van der Waals surface area contributed by atoms with Crippen LogP contribution in [0.5, 0.6) is 0 Å². The van der Waals surface area contributed by atoms with Crippen LogP contribution < -0.4 is 0 Å². The zero-order chi connectivity index (χ0) is 43.2. The van der Waals surface area contributed by atoms with Crippen molar-refractivity contribution in [3.05, 3.63) is 46.5 Å². The average molecular weight is 805 g/mol. The molecule has 8 heteroatoms. The van der Waals surface area contributed by atoms with E-state index in [0.29, 0.717) is 23.7 Å². The number of benzene rings is 2. The molecule has 0 aliphatic carbocycles. The lowest BCUT2D eigenvalue weighted by molar-refractivity contribution is -0.224. The van der Waals surface area contributed by atoms with E-state index in [1.807, 2.05) is 0 Å². The minimum Gasteiger partial charge on any atom is -0.313 e. The highest BCUT2D eigenvalue weighted by atomic mass is 16.5. The molecule has 0 radical (unpaired) electrons. The summed E-state index contributed by atoms with van der Waals surface area (Å²) in [7, 11) is 0. The molecule has 8 unspecified atom stereocenters. The highest BCUT2D eigenvalue weighted by molar-refractivity contribution is 5.92. The van der Waals surface area contributed by atoms with Gasteiger partial charge in [-0.05, 0) is 187 Å². The van der Waals surface area contributed by atoms with Gasteiger partial charge < -0.3 is 20.8 Å². The molecule has 4 saturated heterocycles. The van der Waals surface area contributed by atoms with Gasteiger partial charge in [0.05, 0.1) is 0 Å². The van der Waals surface area contributed by atoms with Crippen molar-refractivity contribution in [2.75, 3.05) is 0 Å². The van der Waals surface area contributed by atoms with Gasteiger partial charge in [0.15, 0.2) is 0 Å². The van der Waals surface area contributed by atoms with Crippen molar-refractivity contribution in [2.45, 2.75) is 232 Å². The second-order valence-electron chi connectivity index (χ2n) is 23.7. The fourth-order valence-corrected chi connectivity index (χ4v) is 12.7. The van der Waals surface area contributed by atoms with Gasteiger partial charge in [-0.2, -0.15) is 20.3 Å². The molecule has 4 fully saturated rings. The molecular formula is C50H84N4O4. The molecule has 4 N–H and O–H groups in total. The molecule has 2 aromatic carbocycles. The Morgan fingerprint density at radius 1 is 0.397 bits per heavy atom. The minimum atomic E-state index is -0.396. The average Bonchev–Trinajstić information content (AvgIpc) is 3.10. The first-order valence-corrected chi connectivity index (χ1v) is 23.2. The number of nitrogens with zero attached hydrogens (tertiary/aromatic N) is 4. The topological polar surface area (TPSA) is 93.9 Å². The van der Waals surface area contributed by atoms with Crippen molar-refractivity contribution >= 4 is 10.8 Å². The Hall–Kier alpha value is -1.62. The van der Waals surface area contributed by atoms with Crippen LogP contribution in [0.1, 0.15) is 208 Å². The molecule has 4 aliphatic heterocycles. The summed E-state index contributed by atoms with van der Waals surface area (Å²) < 4.78 is 0. The Labute approximate surface area is 353 Å². The Kier molecular flexibility index (Phi) is 12.9. The van der Waals surface area contributed by atoms with Crippen molar-refractivity contribution in [2.24, 2.45) is 23.7 Å². The van der Waals surface area contributed by atoms with E-state index in [4.69, 9.17) is 0 Å². The fourth-order valence-electron chi connectivity index (χ4n) is 12.7. The zero-order valence-corrected chi connectivity index (χ0v) is 39.5. The van der Waals surface area contributed by atoms with E-state index in [2.05, 4.69) is 135 Å². The maximum absolute atomic E-state index is 11.7. The quantitative estimate of drug-likeness (QED) is 0.210. The third-order valence-corrected chi connectivity index (χ3v) is 16.0. The van der Waals surface area contributed by atoms with Crippen LogP contribution in [0, 0.1) is 23.7 Å². The number of rotatable bonds is 8. The molecule has 2 aromatic rings. The number of fused-ring (bicyclic) bond motifs is 1. The molecule has 4 heterocycles. The van der Waals surface area contributed by atoms with Gasteiger partial charge in [-0.15, -0.1) is 0 Å². The van der Waals surface area contributed by atoms with Crippen molar-refractivity contribution in [3.63, 3.8) is 0 Å². The normalized spacial score (nSPS) is 33.9. The fraction of sp³-hybridized carbons (Fsp3) is 0.800. The van der Waals surface area contributed by atoms with E-state index in [0.717, 1.165) is 51.4 Å². The zero-order valence-electron chi connectivity index (χ0n) is 39.5. The van der Waals surface area contributed by atoms with Gasteiger partial charge in [0, 0.05) is 46.3 Å². The molecule has 0 spiro atoms. The van der Waals surface area contributed by atoms with Crippen LogP contribution in [0.15, 0.2) is 24.3 Å². The first-order valence-electron chi connectivity index (χ1n) is 23.2. The molecule has 0 saturated carbocycles. The van der Waals surface area contributed by atoms with Gasteiger partial charge in [-0.3, -0.25) is 0 Å². The first kappa shape index (κ1) is 45.9. The van der Waals surface area contributed by atoms with E-state index in [-0.39, 0.29) is 58.9 Å². The van der Waals surface area contributed by atoms with Gasteiger partial charge in [0.1, 0.15) is 0 Å². The molecule has 6 rings (SSSR count). The van der Waals surface area contributed by atoms with Gasteiger partial charge >= 0.3 is 0 Å². The summed E-state index contributed by atoms with van der Waals surface area (Å²) in [6, 6.07) is 10.1. The van der Waals surface area contributed by atoms with E-state index in [9.17, 15) is 20.8 Å². The van der Waals surface area contributed by atoms with E-state index in [1.165, 1.54) is 33.0 Å². The molecule has 4 aliphatic rings. The van der Waals surface area contributed by atoms with Crippen LogP contribution in [0.2, 0.25) is 0 Å². The summed E-state index contributed by atoms with van der Waals surface area (Å²) in [6.07, 6.45) is 7.05. The second kappa shape index (κ2) is 16.3. The molecule has 8 nitrogen and oxygen atoms in total. The van der Waals surface area contributed by atoms with Crippen molar-refractivity contribution in [1.29, 1.82) is 0 Å². The smallest absolute Gasteiger partial charge is 0.0413 e. The first-order chi connectivity index (χ1) is 26.7. The van der Waals surface area contributed by atoms with Crippen LogP contribution in [0.3, 0.4) is 0 Å². The highest BCUT2D eigenvalue weighted by Crippen LogP contribution is 2.54. The number of hydrogen-bond acceptors (Lipinski definition) is 8. The summed E-state index contributed by atoms with van der Waals surface area (Å²) in [6.45, 7) is 35.6. The standard InChI is InChI=1S/C50H84N4O4/c1-29(2)41-21-33(25-47(9,10)51(41)55)37-17-19-40-39(45(37)35-23-43(31(5)6)53(57)49(13,14)27-35)20-18-38(34-22-42(30(3)4)52(56)48(11,12)26-34)46(40)36-24-44(32(7)8)54(58)50(15,16)28-36/h17-20,29-36,41-44,55-58H,21-28H2,1-16H3. The second-order valence-corrected chi connectivity index (χ2v) is 23.7. The number of piperidine rings is 4. The molecule has 0 amide bonds. The van der Waals surface area contributed by atoms with Crippen molar-refractivity contribution in [3.8, 4) is 0 Å². The van der Waals surface area contributed by atoms with Crippen molar-refractivity contribution in [1.82, 2.24) is 20.3 Å². The summed E-state index contributed by atoms with van der Waals surface area (Å²) in [4.78, 5) is 0. The number of hydrogen-bond donors (Lipinski definition) is 4. The summed E-state index contributed by atoms with van der Waals surface area (Å²) >= 11 is 0. The lowest BCUT2D eigenvalue weighted by atomic mass is 9.66. The summed E-state index contributed by atoms with van der Waals surface area (Å²) in [5, 5.41) is 55.8. The maximum atomic E-state index is 11.7. The monoisotopic (exact) mass is 805 g/mol. The van der Waals surface area contributed by atoms with Gasteiger partial charge in [-0.1, -0.05) is 79.7 Å². The lowest BCUT2D eigenvalue weighted by Gasteiger charge is -2.51. The third-order valence-electron chi connectivity index (χ3n) is 16.0. The summed E-state index contributed by atoms with van der Waals surface area (Å²) in [5.41, 5.74) is 4.22. The molecule has 58 heavy (non-hydrogen) atoms. The van der Waals surface area contributed by atoms with Crippen LogP contribution in [-0.2, 0) is 0 Å². The maximum Gasteiger partial charge on any atom is 0.0413 e. The van der Waals surface area contributed by atoms with Crippen molar-refractivity contribution < 1.29 is 20.8 Å². The van der Waals surface area contributed by atoms with Crippen LogP contribution >= 0.6 is 0 Å². The van der Waals surface area contributed by atoms with Gasteiger partial charge in [0.25, 0.3) is 0 Å². The Balaban J connectivity index is 1.65. The Morgan fingerprint density at radius 2 is 0.621 bits per heavy atom. The van der Waals surface area contributed by atoms with Crippen LogP contribution in [0.25, 0.3) is 10.8 Å². The van der Waals surface area contributed by atoms with Gasteiger partial charge in [-0.25, -0.2) is 0 Å². The molecule has 0 bridgehead atoms. The Bertz CT molecular complexity index is 1640. The van der Waals surface area contributed by atoms with E-state index >= 15 is 0 Å². The highest BCUT2D eigenvalue weighted by Gasteiger charge is 2.49. The largest absolute Gasteiger partial charge is 0.313 e. The van der Waals surface area contributed by atoms with E-state index < -0.39 is 11.1 Å². The van der Waals surface area contributed by atoms with Gasteiger partial charge in [0.2, 0.25) is 0 Å². The lowest BCUT2D eigenvalue weighted by Crippen LogP contribution is -2.55. The number of hydroxylamine groups is 8.